The summed E-state index contributed by atoms with van der Waals surface area (Å²) in [5, 5.41) is 0. The van der Waals surface area contributed by atoms with Gasteiger partial charge in [0, 0.05) is 0 Å². The molecule has 0 saturated heterocycles. The van der Waals surface area contributed by atoms with Crippen molar-refractivity contribution in [2.45, 2.75) is 88.0 Å². The highest BCUT2D eigenvalue weighted by atomic mass is 13.7. The highest BCUT2D eigenvalue weighted by Crippen LogP contribution is 1.81. The van der Waals surface area contributed by atoms with Crippen molar-refractivity contribution in [3.63, 3.8) is 0 Å². The number of rotatable bonds is 2. The average molecular weight is 204 g/mol. The molecule has 0 aromatic rings. The van der Waals surface area contributed by atoms with Crippen LogP contribution in [0.3, 0.4) is 0 Å². The van der Waals surface area contributed by atoms with Crippen LogP contribution in [0.1, 0.15) is 88.0 Å². The third-order valence-electron chi connectivity index (χ3n) is 1.000. The molecule has 0 heteroatoms. The molecular weight excluding hydrogens is 168 g/mol. The van der Waals surface area contributed by atoms with E-state index in [2.05, 4.69) is 48.5 Å². The Labute approximate surface area is 94.5 Å². The molecule has 0 aliphatic rings. The highest BCUT2D eigenvalue weighted by Gasteiger charge is 1.68. The van der Waals surface area contributed by atoms with E-state index >= 15 is 0 Å². The predicted octanol–water partition coefficient (Wildman–Crippen LogP) is 6.30. The van der Waals surface area contributed by atoms with Crippen molar-refractivity contribution in [3.8, 4) is 0 Å². The Morgan fingerprint density at radius 1 is 0.571 bits per heavy atom. The van der Waals surface area contributed by atoms with E-state index < -0.39 is 0 Å². The second-order valence-corrected chi connectivity index (χ2v) is 3.73. The third-order valence-corrected chi connectivity index (χ3v) is 1.000. The second-order valence-electron chi connectivity index (χ2n) is 3.73. The van der Waals surface area contributed by atoms with Crippen molar-refractivity contribution in [1.29, 1.82) is 0 Å². The zero-order valence-corrected chi connectivity index (χ0v) is 12.4. The van der Waals surface area contributed by atoms with Gasteiger partial charge in [-0.05, 0) is 5.92 Å². The summed E-state index contributed by atoms with van der Waals surface area (Å²) >= 11 is 0. The van der Waals surface area contributed by atoms with Gasteiger partial charge >= 0.3 is 0 Å². The quantitative estimate of drug-likeness (QED) is 0.495. The van der Waals surface area contributed by atoms with Crippen molar-refractivity contribution in [3.05, 3.63) is 0 Å². The molecule has 0 N–H and O–H groups in total. The highest BCUT2D eigenvalue weighted by molar-refractivity contribution is 4.20. The topological polar surface area (TPSA) is 0 Å². The van der Waals surface area contributed by atoms with Gasteiger partial charge in [-0.15, -0.1) is 0 Å². The Morgan fingerprint density at radius 2 is 0.643 bits per heavy atom. The molecule has 0 rings (SSSR count). The molecule has 0 bridgehead atoms. The third kappa shape index (κ3) is 363. The molecule has 0 unspecified atom stereocenters. The average Bonchev–Trinajstić information content (AvgIpc) is 2.20. The van der Waals surface area contributed by atoms with E-state index in [4.69, 9.17) is 0 Å². The Balaban J connectivity index is -0.0000000492. The first-order valence-corrected chi connectivity index (χ1v) is 6.56. The fourth-order valence-electron chi connectivity index (χ4n) is 0. The summed E-state index contributed by atoms with van der Waals surface area (Å²) in [5.74, 6) is 0.833. The van der Waals surface area contributed by atoms with Gasteiger partial charge in [0.1, 0.15) is 0 Å². The number of unbranched alkanes of at least 4 members (excludes halogenated alkanes) is 2. The minimum absolute atomic E-state index is 0.833. The van der Waals surface area contributed by atoms with Crippen molar-refractivity contribution < 1.29 is 0 Å². The summed E-state index contributed by atoms with van der Waals surface area (Å²) in [6, 6.07) is 0. The van der Waals surface area contributed by atoms with Crippen molar-refractivity contribution in [1.82, 2.24) is 0 Å². The van der Waals surface area contributed by atoms with E-state index in [1.54, 1.807) is 0 Å². The SMILES string of the molecule is CC.CC(C)C.CCCC.CCCC. The largest absolute Gasteiger partial charge is 0.0683 e. The minimum Gasteiger partial charge on any atom is -0.0683 e. The lowest BCUT2D eigenvalue weighted by Crippen LogP contribution is -1.66. The molecule has 0 radical (unpaired) electrons. The van der Waals surface area contributed by atoms with Crippen molar-refractivity contribution >= 4 is 0 Å². The predicted molar refractivity (Wildman–Crippen MR) is 73.0 cm³/mol. The number of hydrogen-bond acceptors (Lipinski definition) is 0. The first-order valence-electron chi connectivity index (χ1n) is 6.56. The fourth-order valence-corrected chi connectivity index (χ4v) is 0. The summed E-state index contributed by atoms with van der Waals surface area (Å²) in [7, 11) is 0. The van der Waals surface area contributed by atoms with E-state index in [1.807, 2.05) is 13.8 Å². The Bertz CT molecular complexity index is 26.5. The van der Waals surface area contributed by atoms with E-state index in [0.717, 1.165) is 5.92 Å². The van der Waals surface area contributed by atoms with Gasteiger partial charge in [0.05, 0.1) is 0 Å². The molecule has 0 heterocycles. The lowest BCUT2D eigenvalue weighted by atomic mass is 10.3. The van der Waals surface area contributed by atoms with Gasteiger partial charge < -0.3 is 0 Å². The van der Waals surface area contributed by atoms with Gasteiger partial charge in [0.15, 0.2) is 0 Å². The molecule has 0 aromatic heterocycles. The fraction of sp³-hybridized carbons (Fsp3) is 1.00. The van der Waals surface area contributed by atoms with Crippen LogP contribution in [0.2, 0.25) is 0 Å². The number of hydrogen-bond donors (Lipinski definition) is 0. The summed E-state index contributed by atoms with van der Waals surface area (Å²) < 4.78 is 0. The lowest BCUT2D eigenvalue weighted by molar-refractivity contribution is 0.737. The molecule has 0 saturated carbocycles. The van der Waals surface area contributed by atoms with Crippen LogP contribution in [0.4, 0.5) is 0 Å². The maximum absolute atomic E-state index is 2.18. The van der Waals surface area contributed by atoms with Crippen molar-refractivity contribution in [2.24, 2.45) is 5.92 Å². The molecule has 0 spiro atoms. The van der Waals surface area contributed by atoms with Gasteiger partial charge in [-0.25, -0.2) is 0 Å². The van der Waals surface area contributed by atoms with Crippen molar-refractivity contribution in [2.75, 3.05) is 0 Å². The summed E-state index contributed by atoms with van der Waals surface area (Å²) in [4.78, 5) is 0. The Hall–Kier alpha value is 0. The van der Waals surface area contributed by atoms with Gasteiger partial charge in [-0.1, -0.05) is 88.0 Å². The first-order chi connectivity index (χ1) is 6.56. The van der Waals surface area contributed by atoms with Crippen LogP contribution >= 0.6 is 0 Å². The van der Waals surface area contributed by atoms with Crippen LogP contribution in [0, 0.1) is 5.92 Å². The summed E-state index contributed by atoms with van der Waals surface area (Å²) in [5.41, 5.74) is 0. The smallest absolute Gasteiger partial charge is 0.0500 e. The molecule has 0 fully saturated rings. The minimum atomic E-state index is 0.833. The molecule has 14 heavy (non-hydrogen) atoms. The molecule has 0 aliphatic carbocycles. The van der Waals surface area contributed by atoms with Gasteiger partial charge in [-0.3, -0.25) is 0 Å². The normalized spacial score (nSPS) is 7.29. The summed E-state index contributed by atoms with van der Waals surface area (Å²) in [6.45, 7) is 19.2. The van der Waals surface area contributed by atoms with E-state index in [1.165, 1.54) is 25.7 Å². The van der Waals surface area contributed by atoms with Crippen LogP contribution in [0.5, 0.6) is 0 Å². The van der Waals surface area contributed by atoms with Crippen LogP contribution in [0.15, 0.2) is 0 Å². The first kappa shape index (κ1) is 23.7. The van der Waals surface area contributed by atoms with Crippen LogP contribution in [0.25, 0.3) is 0 Å². The van der Waals surface area contributed by atoms with Gasteiger partial charge in [-0.2, -0.15) is 0 Å². The zero-order chi connectivity index (χ0) is 12.4. The zero-order valence-electron chi connectivity index (χ0n) is 12.4. The van der Waals surface area contributed by atoms with Gasteiger partial charge in [0.25, 0.3) is 0 Å². The van der Waals surface area contributed by atoms with E-state index in [-0.39, 0.29) is 0 Å². The Morgan fingerprint density at radius 3 is 0.643 bits per heavy atom. The molecule has 0 amide bonds. The molecule has 92 valence electrons. The molecule has 0 aromatic carbocycles. The van der Waals surface area contributed by atoms with Crippen LogP contribution in [-0.4, -0.2) is 0 Å². The standard InChI is InChI=1S/3C4H10.C2H6/c1-4(2)3;2*1-3-4-2;1-2/h4H,1-3H3;2*3-4H2,1-2H3;1-2H3. The molecule has 0 aliphatic heterocycles. The van der Waals surface area contributed by atoms with E-state index in [0.29, 0.717) is 0 Å². The molecule has 0 nitrogen and oxygen atoms in total. The monoisotopic (exact) mass is 204 g/mol. The van der Waals surface area contributed by atoms with Gasteiger partial charge in [0.2, 0.25) is 0 Å². The summed E-state index contributed by atoms with van der Waals surface area (Å²) in [6.07, 6.45) is 5.28. The molecular formula is C14H36. The van der Waals surface area contributed by atoms with E-state index in [9.17, 15) is 0 Å². The maximum Gasteiger partial charge on any atom is -0.0500 e. The second kappa shape index (κ2) is 38.2. The van der Waals surface area contributed by atoms with Crippen LogP contribution in [-0.2, 0) is 0 Å². The Kier molecular flexibility index (Phi) is 64.6. The lowest BCUT2D eigenvalue weighted by Gasteiger charge is -1.79. The molecule has 0 atom stereocenters. The van der Waals surface area contributed by atoms with Crippen LogP contribution < -0.4 is 0 Å². The maximum atomic E-state index is 2.18.